The molecule has 0 spiro atoms. The fraction of sp³-hybridized carbons (Fsp3) is 0.654. The van der Waals surface area contributed by atoms with Crippen molar-refractivity contribution in [2.45, 2.75) is 92.5 Å². The summed E-state index contributed by atoms with van der Waals surface area (Å²) in [6.07, 6.45) is 12.7. The Morgan fingerprint density at radius 3 is 2.62 bits per heavy atom. The Kier molecular flexibility index (Phi) is 13.4. The third kappa shape index (κ3) is 10.1. The summed E-state index contributed by atoms with van der Waals surface area (Å²) in [5, 5.41) is 3.70. The molecule has 1 aromatic carbocycles. The van der Waals surface area contributed by atoms with Crippen molar-refractivity contribution in [3.63, 3.8) is 0 Å². The number of aryl methyl sites for hydroxylation is 1. The average molecular weight is 401 g/mol. The van der Waals surface area contributed by atoms with Crippen molar-refractivity contribution in [3.8, 4) is 5.75 Å². The van der Waals surface area contributed by atoms with Gasteiger partial charge in [0.2, 0.25) is 0 Å². The number of hydrogen-bond acceptors (Lipinski definition) is 3. The number of nitrogens with zero attached hydrogens (tertiary/aromatic N) is 1. The standard InChI is InChI=1S/C26H44N2O/c1-7-10-18-27-24(9-3)25(16-12-11-14-21(4)8-2)28-19-20-29-26-17-13-15-22(5)23(26)6/h9,13,15,17-18,21,25,28H,7-8,10-12,14,16,19-20H2,1-6H3/b24-9-,27-18?. The van der Waals surface area contributed by atoms with Crippen LogP contribution in [0.2, 0.25) is 0 Å². The number of allylic oxidation sites excluding steroid dienone is 1. The molecular weight excluding hydrogens is 356 g/mol. The number of rotatable bonds is 15. The molecule has 0 amide bonds. The van der Waals surface area contributed by atoms with Crippen LogP contribution in [-0.4, -0.2) is 25.4 Å². The molecule has 0 aliphatic heterocycles. The molecule has 0 aromatic heterocycles. The highest BCUT2D eigenvalue weighted by Gasteiger charge is 2.13. The molecule has 164 valence electrons. The van der Waals surface area contributed by atoms with Crippen LogP contribution < -0.4 is 10.1 Å². The predicted molar refractivity (Wildman–Crippen MR) is 128 cm³/mol. The van der Waals surface area contributed by atoms with Gasteiger partial charge in [0, 0.05) is 18.8 Å². The molecule has 1 rings (SSSR count). The summed E-state index contributed by atoms with van der Waals surface area (Å²) < 4.78 is 6.03. The van der Waals surface area contributed by atoms with Gasteiger partial charge in [0.15, 0.2) is 0 Å². The van der Waals surface area contributed by atoms with E-state index < -0.39 is 0 Å². The average Bonchev–Trinajstić information content (AvgIpc) is 2.73. The van der Waals surface area contributed by atoms with E-state index in [-0.39, 0.29) is 0 Å². The van der Waals surface area contributed by atoms with Gasteiger partial charge in [0.25, 0.3) is 0 Å². The quantitative estimate of drug-likeness (QED) is 0.253. The Labute approximate surface area is 180 Å². The lowest BCUT2D eigenvalue weighted by molar-refractivity contribution is 0.303. The van der Waals surface area contributed by atoms with Gasteiger partial charge >= 0.3 is 0 Å². The van der Waals surface area contributed by atoms with Crippen LogP contribution >= 0.6 is 0 Å². The van der Waals surface area contributed by atoms with Crippen LogP contribution in [0.5, 0.6) is 5.75 Å². The predicted octanol–water partition coefficient (Wildman–Crippen LogP) is 7.02. The number of aliphatic imine (C=N–C) groups is 1. The van der Waals surface area contributed by atoms with Gasteiger partial charge in [-0.3, -0.25) is 4.99 Å². The molecule has 3 heteroatoms. The molecule has 0 bridgehead atoms. The van der Waals surface area contributed by atoms with Gasteiger partial charge in [-0.25, -0.2) is 0 Å². The van der Waals surface area contributed by atoms with Crippen LogP contribution in [0.1, 0.15) is 83.8 Å². The number of nitrogens with one attached hydrogen (secondary N) is 1. The van der Waals surface area contributed by atoms with Crippen LogP contribution in [0.25, 0.3) is 0 Å². The second-order valence-corrected chi connectivity index (χ2v) is 8.16. The van der Waals surface area contributed by atoms with Gasteiger partial charge in [-0.2, -0.15) is 0 Å². The van der Waals surface area contributed by atoms with Gasteiger partial charge in [-0.1, -0.05) is 71.1 Å². The SMILES string of the molecule is C/C=C(\N=CCCC)C(CCCCC(C)CC)NCCOc1cccc(C)c1C. The summed E-state index contributed by atoms with van der Waals surface area (Å²) in [7, 11) is 0. The first-order valence-electron chi connectivity index (χ1n) is 11.6. The Bertz CT molecular complexity index is 621. The zero-order chi connectivity index (χ0) is 21.5. The lowest BCUT2D eigenvalue weighted by atomic mass is 9.98. The number of benzene rings is 1. The van der Waals surface area contributed by atoms with Crippen LogP contribution in [0.3, 0.4) is 0 Å². The van der Waals surface area contributed by atoms with E-state index in [2.05, 4.69) is 77.3 Å². The zero-order valence-corrected chi connectivity index (χ0v) is 19.8. The molecule has 0 saturated heterocycles. The molecule has 0 aliphatic carbocycles. The summed E-state index contributed by atoms with van der Waals surface area (Å²) in [5.74, 6) is 1.82. The number of unbranched alkanes of at least 4 members (excludes halogenated alkanes) is 2. The Morgan fingerprint density at radius 2 is 1.93 bits per heavy atom. The fourth-order valence-corrected chi connectivity index (χ4v) is 3.34. The second kappa shape index (κ2) is 15.3. The van der Waals surface area contributed by atoms with Crippen LogP contribution in [-0.2, 0) is 0 Å². The molecule has 0 saturated carbocycles. The second-order valence-electron chi connectivity index (χ2n) is 8.16. The highest BCUT2D eigenvalue weighted by Crippen LogP contribution is 2.20. The molecule has 1 aromatic rings. The van der Waals surface area contributed by atoms with Crippen LogP contribution in [0, 0.1) is 19.8 Å². The van der Waals surface area contributed by atoms with Crippen molar-refractivity contribution >= 4 is 6.21 Å². The first-order chi connectivity index (χ1) is 14.0. The van der Waals surface area contributed by atoms with E-state index in [0.717, 1.165) is 43.2 Å². The molecule has 2 unspecified atom stereocenters. The van der Waals surface area contributed by atoms with E-state index in [1.54, 1.807) is 0 Å². The minimum Gasteiger partial charge on any atom is -0.492 e. The maximum Gasteiger partial charge on any atom is 0.122 e. The van der Waals surface area contributed by atoms with Crippen molar-refractivity contribution in [1.29, 1.82) is 0 Å². The van der Waals surface area contributed by atoms with E-state index in [4.69, 9.17) is 9.73 Å². The van der Waals surface area contributed by atoms with Crippen molar-refractivity contribution < 1.29 is 4.74 Å². The van der Waals surface area contributed by atoms with Crippen molar-refractivity contribution in [3.05, 3.63) is 41.1 Å². The number of hydrogen-bond donors (Lipinski definition) is 1. The first kappa shape index (κ1) is 25.4. The lowest BCUT2D eigenvalue weighted by Crippen LogP contribution is -2.34. The Balaban J connectivity index is 2.58. The smallest absolute Gasteiger partial charge is 0.122 e. The third-order valence-corrected chi connectivity index (χ3v) is 5.75. The van der Waals surface area contributed by atoms with Crippen molar-refractivity contribution in [2.24, 2.45) is 10.9 Å². The molecule has 29 heavy (non-hydrogen) atoms. The minimum atomic E-state index is 0.298. The van der Waals surface area contributed by atoms with E-state index in [1.165, 1.54) is 36.8 Å². The lowest BCUT2D eigenvalue weighted by Gasteiger charge is -2.20. The van der Waals surface area contributed by atoms with E-state index in [0.29, 0.717) is 12.6 Å². The molecule has 0 aliphatic rings. The molecule has 0 radical (unpaired) electrons. The number of ether oxygens (including phenoxy) is 1. The maximum atomic E-state index is 6.03. The van der Waals surface area contributed by atoms with Crippen LogP contribution in [0.15, 0.2) is 35.0 Å². The molecular formula is C26H44N2O. The first-order valence-corrected chi connectivity index (χ1v) is 11.6. The summed E-state index contributed by atoms with van der Waals surface area (Å²) in [5.41, 5.74) is 3.66. The molecule has 0 fully saturated rings. The molecule has 3 nitrogen and oxygen atoms in total. The van der Waals surface area contributed by atoms with Gasteiger partial charge < -0.3 is 10.1 Å². The van der Waals surface area contributed by atoms with Gasteiger partial charge in [-0.05, 0) is 56.7 Å². The maximum absolute atomic E-state index is 6.03. The summed E-state index contributed by atoms with van der Waals surface area (Å²) >= 11 is 0. The van der Waals surface area contributed by atoms with E-state index in [9.17, 15) is 0 Å². The van der Waals surface area contributed by atoms with Gasteiger partial charge in [0.05, 0.1) is 5.70 Å². The topological polar surface area (TPSA) is 33.6 Å². The molecule has 2 atom stereocenters. The van der Waals surface area contributed by atoms with E-state index in [1.807, 2.05) is 0 Å². The van der Waals surface area contributed by atoms with Crippen molar-refractivity contribution in [2.75, 3.05) is 13.2 Å². The largest absolute Gasteiger partial charge is 0.492 e. The Hall–Kier alpha value is -1.61. The summed E-state index contributed by atoms with van der Waals surface area (Å²) in [4.78, 5) is 4.76. The van der Waals surface area contributed by atoms with Gasteiger partial charge in [0.1, 0.15) is 12.4 Å². The summed E-state index contributed by atoms with van der Waals surface area (Å²) in [6.45, 7) is 14.7. The van der Waals surface area contributed by atoms with Gasteiger partial charge in [-0.15, -0.1) is 0 Å². The fourth-order valence-electron chi connectivity index (χ4n) is 3.34. The normalized spacial score (nSPS) is 14.3. The van der Waals surface area contributed by atoms with E-state index >= 15 is 0 Å². The monoisotopic (exact) mass is 400 g/mol. The zero-order valence-electron chi connectivity index (χ0n) is 19.8. The minimum absolute atomic E-state index is 0.298. The highest BCUT2D eigenvalue weighted by atomic mass is 16.5. The summed E-state index contributed by atoms with van der Waals surface area (Å²) in [6, 6.07) is 6.54. The molecule has 0 heterocycles. The Morgan fingerprint density at radius 1 is 1.17 bits per heavy atom. The van der Waals surface area contributed by atoms with Crippen molar-refractivity contribution in [1.82, 2.24) is 5.32 Å². The highest BCUT2D eigenvalue weighted by molar-refractivity contribution is 5.59. The van der Waals surface area contributed by atoms with Crippen LogP contribution in [0.4, 0.5) is 0 Å². The third-order valence-electron chi connectivity index (χ3n) is 5.75. The molecule has 1 N–H and O–H groups in total.